The number of carbonyl (C=O) groups excluding carboxylic acids is 3. The van der Waals surface area contributed by atoms with Crippen LogP contribution in [0.1, 0.15) is 35.2 Å². The van der Waals surface area contributed by atoms with Crippen LogP contribution < -0.4 is 16.0 Å². The Bertz CT molecular complexity index is 1070. The summed E-state index contributed by atoms with van der Waals surface area (Å²) in [5, 5.41) is 9.17. The highest BCUT2D eigenvalue weighted by Gasteiger charge is 2.67. The van der Waals surface area contributed by atoms with Gasteiger partial charge in [0.2, 0.25) is 11.8 Å². The van der Waals surface area contributed by atoms with Gasteiger partial charge in [-0.3, -0.25) is 14.4 Å². The molecule has 176 valence electrons. The molecule has 0 spiro atoms. The molecule has 0 saturated heterocycles. The number of benzene rings is 2. The Morgan fingerprint density at radius 2 is 1.58 bits per heavy atom. The van der Waals surface area contributed by atoms with E-state index < -0.39 is 28.0 Å². The van der Waals surface area contributed by atoms with Crippen LogP contribution in [-0.4, -0.2) is 35.1 Å². The molecule has 2 unspecified atom stereocenters. The van der Waals surface area contributed by atoms with Crippen LogP contribution in [0.5, 0.6) is 0 Å². The lowest BCUT2D eigenvalue weighted by molar-refractivity contribution is -0.119. The van der Waals surface area contributed by atoms with Crippen LogP contribution in [0.3, 0.4) is 0 Å². The normalized spacial score (nSPS) is 18.4. The summed E-state index contributed by atoms with van der Waals surface area (Å²) < 4.78 is -1.32. The van der Waals surface area contributed by atoms with Crippen molar-refractivity contribution in [2.45, 2.75) is 23.6 Å². The van der Waals surface area contributed by atoms with E-state index in [9.17, 15) is 14.4 Å². The van der Waals surface area contributed by atoms with Gasteiger partial charge in [-0.25, -0.2) is 0 Å². The third-order valence-electron chi connectivity index (χ3n) is 5.07. The van der Waals surface area contributed by atoms with Crippen molar-refractivity contribution in [1.82, 2.24) is 10.6 Å². The monoisotopic (exact) mass is 549 g/mol. The number of nitrogens with one attached hydrogen (secondary N) is 3. The van der Waals surface area contributed by atoms with E-state index in [4.69, 9.17) is 58.0 Å². The average Bonchev–Trinajstić information content (AvgIpc) is 3.30. The van der Waals surface area contributed by atoms with E-state index in [1.165, 1.54) is 19.1 Å². The van der Waals surface area contributed by atoms with Gasteiger partial charge in [0, 0.05) is 41.7 Å². The highest BCUT2D eigenvalue weighted by atomic mass is 35.5. The van der Waals surface area contributed by atoms with Gasteiger partial charge in [0.25, 0.3) is 5.91 Å². The molecule has 2 atom stereocenters. The number of halogens is 5. The van der Waals surface area contributed by atoms with Gasteiger partial charge in [0.05, 0.1) is 16.5 Å². The predicted molar refractivity (Wildman–Crippen MR) is 133 cm³/mol. The van der Waals surface area contributed by atoms with E-state index in [0.29, 0.717) is 40.8 Å². The maximum absolute atomic E-state index is 12.9. The smallest absolute Gasteiger partial charge is 0.252 e. The van der Waals surface area contributed by atoms with Crippen molar-refractivity contribution in [3.63, 3.8) is 0 Å². The molecule has 0 aliphatic heterocycles. The summed E-state index contributed by atoms with van der Waals surface area (Å²) in [5.41, 5.74) is 1.23. The Kier molecular flexibility index (Phi) is 8.40. The van der Waals surface area contributed by atoms with Crippen molar-refractivity contribution >= 4 is 81.4 Å². The second kappa shape index (κ2) is 10.7. The maximum Gasteiger partial charge on any atom is 0.252 e. The van der Waals surface area contributed by atoms with Crippen molar-refractivity contribution in [3.8, 4) is 0 Å². The minimum Gasteiger partial charge on any atom is -0.356 e. The fraction of sp³-hybridized carbons (Fsp3) is 0.318. The van der Waals surface area contributed by atoms with Crippen LogP contribution in [0.15, 0.2) is 36.4 Å². The number of amides is 3. The lowest BCUT2D eigenvalue weighted by Gasteiger charge is -2.10. The first kappa shape index (κ1) is 25.9. The van der Waals surface area contributed by atoms with E-state index >= 15 is 0 Å². The first-order chi connectivity index (χ1) is 15.5. The van der Waals surface area contributed by atoms with Crippen molar-refractivity contribution in [2.75, 3.05) is 18.4 Å². The lowest BCUT2D eigenvalue weighted by Crippen LogP contribution is -2.29. The van der Waals surface area contributed by atoms with Crippen LogP contribution in [0.25, 0.3) is 0 Å². The van der Waals surface area contributed by atoms with Crippen molar-refractivity contribution < 1.29 is 14.4 Å². The lowest BCUT2D eigenvalue weighted by atomic mass is 10.1. The summed E-state index contributed by atoms with van der Waals surface area (Å²) in [5.74, 6) is -2.18. The molecule has 0 bridgehead atoms. The molecular formula is C22H20Cl5N3O3. The zero-order chi connectivity index (χ0) is 24.3. The highest BCUT2D eigenvalue weighted by molar-refractivity contribution is 6.53. The van der Waals surface area contributed by atoms with E-state index in [1.807, 2.05) is 0 Å². The van der Waals surface area contributed by atoms with Gasteiger partial charge in [-0.05, 0) is 48.4 Å². The molecule has 3 N–H and O–H groups in total. The van der Waals surface area contributed by atoms with Gasteiger partial charge in [-0.15, -0.1) is 23.2 Å². The number of rotatable bonds is 8. The Hall–Kier alpha value is -1.70. The summed E-state index contributed by atoms with van der Waals surface area (Å²) in [6.45, 7) is 2.21. The summed E-state index contributed by atoms with van der Waals surface area (Å²) in [4.78, 5) is 36.3. The van der Waals surface area contributed by atoms with Crippen LogP contribution in [-0.2, 0) is 9.59 Å². The second-order valence-electron chi connectivity index (χ2n) is 7.61. The first-order valence-corrected chi connectivity index (χ1v) is 11.9. The standard InChI is InChI=1S/C22H20Cl5N3O3/c1-11(31)28-5-2-6-29-20(32)16-10-15(3-4-17(16)25)30-21(33)19-18(22(19,26)27)12-7-13(23)9-14(24)8-12/h3-4,7-10,18-19H,2,5-6H2,1H3,(H,28,31)(H,29,32)(H,30,33). The summed E-state index contributed by atoms with van der Waals surface area (Å²) in [6, 6.07) is 9.48. The van der Waals surface area contributed by atoms with Crippen molar-refractivity contribution in [1.29, 1.82) is 0 Å². The number of carbonyl (C=O) groups is 3. The van der Waals surface area contributed by atoms with Crippen LogP contribution in [0, 0.1) is 5.92 Å². The van der Waals surface area contributed by atoms with Crippen LogP contribution in [0.2, 0.25) is 15.1 Å². The predicted octanol–water partition coefficient (Wildman–Crippen LogP) is 5.43. The van der Waals surface area contributed by atoms with Gasteiger partial charge >= 0.3 is 0 Å². The molecule has 1 aliphatic carbocycles. The number of alkyl halides is 2. The number of hydrogen-bond acceptors (Lipinski definition) is 3. The third kappa shape index (κ3) is 6.46. The topological polar surface area (TPSA) is 87.3 Å². The number of anilines is 1. The largest absolute Gasteiger partial charge is 0.356 e. The molecule has 1 saturated carbocycles. The zero-order valence-corrected chi connectivity index (χ0v) is 21.1. The van der Waals surface area contributed by atoms with Gasteiger partial charge in [-0.1, -0.05) is 34.8 Å². The molecule has 1 aliphatic rings. The zero-order valence-electron chi connectivity index (χ0n) is 17.4. The summed E-state index contributed by atoms with van der Waals surface area (Å²) >= 11 is 31.1. The maximum atomic E-state index is 12.9. The molecule has 3 rings (SSSR count). The molecule has 2 aromatic carbocycles. The fourth-order valence-electron chi connectivity index (χ4n) is 3.47. The molecule has 0 aromatic heterocycles. The summed E-state index contributed by atoms with van der Waals surface area (Å²) in [6.07, 6.45) is 0.559. The highest BCUT2D eigenvalue weighted by Crippen LogP contribution is 2.65. The van der Waals surface area contributed by atoms with Gasteiger partial charge in [0.1, 0.15) is 4.33 Å². The van der Waals surface area contributed by atoms with E-state index in [-0.39, 0.29) is 16.5 Å². The van der Waals surface area contributed by atoms with Gasteiger partial charge in [-0.2, -0.15) is 0 Å². The van der Waals surface area contributed by atoms with E-state index in [0.717, 1.165) is 0 Å². The third-order valence-corrected chi connectivity index (χ3v) is 6.78. The van der Waals surface area contributed by atoms with Gasteiger partial charge < -0.3 is 16.0 Å². The van der Waals surface area contributed by atoms with Crippen molar-refractivity contribution in [2.24, 2.45) is 5.92 Å². The van der Waals surface area contributed by atoms with Gasteiger partial charge in [0.15, 0.2) is 0 Å². The fourth-order valence-corrected chi connectivity index (χ4v) is 5.04. The molecule has 1 fully saturated rings. The quantitative estimate of drug-likeness (QED) is 0.302. The molecule has 0 heterocycles. The minimum absolute atomic E-state index is 0.137. The van der Waals surface area contributed by atoms with Crippen LogP contribution >= 0.6 is 58.0 Å². The minimum atomic E-state index is -1.32. The average molecular weight is 552 g/mol. The Morgan fingerprint density at radius 1 is 0.939 bits per heavy atom. The Balaban J connectivity index is 1.65. The second-order valence-corrected chi connectivity index (χ2v) is 10.3. The number of hydrogen-bond donors (Lipinski definition) is 3. The van der Waals surface area contributed by atoms with E-state index in [1.54, 1.807) is 24.3 Å². The molecule has 3 amide bonds. The van der Waals surface area contributed by atoms with E-state index in [2.05, 4.69) is 16.0 Å². The van der Waals surface area contributed by atoms with Crippen molar-refractivity contribution in [3.05, 3.63) is 62.6 Å². The first-order valence-electron chi connectivity index (χ1n) is 9.97. The summed E-state index contributed by atoms with van der Waals surface area (Å²) in [7, 11) is 0. The molecule has 2 aromatic rings. The molecule has 0 radical (unpaired) electrons. The molecular weight excluding hydrogens is 532 g/mol. The molecule has 11 heteroatoms. The molecule has 33 heavy (non-hydrogen) atoms. The van der Waals surface area contributed by atoms with Crippen LogP contribution in [0.4, 0.5) is 5.69 Å². The Morgan fingerprint density at radius 3 is 2.21 bits per heavy atom. The Labute approximate surface area is 216 Å². The molecule has 6 nitrogen and oxygen atoms in total. The SMILES string of the molecule is CC(=O)NCCCNC(=O)c1cc(NC(=O)C2C(c3cc(Cl)cc(Cl)c3)C2(Cl)Cl)ccc1Cl.